The van der Waals surface area contributed by atoms with Crippen LogP contribution >= 0.6 is 0 Å². The highest BCUT2D eigenvalue weighted by atomic mass is 16.7. The van der Waals surface area contributed by atoms with Gasteiger partial charge in [-0.2, -0.15) is 0 Å². The Balaban J connectivity index is 1.43. The minimum atomic E-state index is -0.449. The molecule has 0 radical (unpaired) electrons. The second-order valence-electron chi connectivity index (χ2n) is 5.34. The van der Waals surface area contributed by atoms with Gasteiger partial charge in [-0.1, -0.05) is 0 Å². The molecule has 0 N–H and O–H groups in total. The molecular weight excluding hydrogens is 264 g/mol. The molecular formula is C13H20N2O5. The zero-order valence-corrected chi connectivity index (χ0v) is 11.5. The summed E-state index contributed by atoms with van der Waals surface area (Å²) in [6.45, 7) is 4.04. The molecule has 0 unspecified atom stereocenters. The molecule has 112 valence electrons. The lowest BCUT2D eigenvalue weighted by molar-refractivity contribution is -0.187. The van der Waals surface area contributed by atoms with Crippen molar-refractivity contribution in [1.82, 2.24) is 9.80 Å². The second kappa shape index (κ2) is 5.57. The highest BCUT2D eigenvalue weighted by molar-refractivity contribution is 5.77. The van der Waals surface area contributed by atoms with Crippen molar-refractivity contribution in [2.45, 2.75) is 25.0 Å². The highest BCUT2D eigenvalue weighted by Gasteiger charge is 2.40. The van der Waals surface area contributed by atoms with E-state index in [2.05, 4.69) is 0 Å². The molecule has 0 aromatic heterocycles. The van der Waals surface area contributed by atoms with Crippen molar-refractivity contribution in [2.75, 3.05) is 46.0 Å². The fraction of sp³-hybridized carbons (Fsp3) is 0.846. The molecule has 3 aliphatic heterocycles. The van der Waals surface area contributed by atoms with Crippen LogP contribution in [0.2, 0.25) is 0 Å². The monoisotopic (exact) mass is 284 g/mol. The number of carbonyl (C=O) groups is 2. The Hall–Kier alpha value is -1.34. The van der Waals surface area contributed by atoms with E-state index in [0.29, 0.717) is 52.4 Å². The van der Waals surface area contributed by atoms with Crippen LogP contribution in [0.15, 0.2) is 0 Å². The molecule has 2 amide bonds. The minimum Gasteiger partial charge on any atom is -0.448 e. The smallest absolute Gasteiger partial charge is 0.409 e. The van der Waals surface area contributed by atoms with Crippen molar-refractivity contribution in [2.24, 2.45) is 0 Å². The summed E-state index contributed by atoms with van der Waals surface area (Å²) in [5.74, 6) is -0.368. The Kier molecular flexibility index (Phi) is 3.80. The Morgan fingerprint density at radius 3 is 2.40 bits per heavy atom. The van der Waals surface area contributed by atoms with Crippen LogP contribution in [0.5, 0.6) is 0 Å². The normalized spacial score (nSPS) is 25.3. The quantitative estimate of drug-likeness (QED) is 0.740. The molecule has 3 fully saturated rings. The van der Waals surface area contributed by atoms with E-state index in [1.165, 1.54) is 0 Å². The van der Waals surface area contributed by atoms with E-state index in [4.69, 9.17) is 14.2 Å². The Morgan fingerprint density at radius 2 is 1.80 bits per heavy atom. The van der Waals surface area contributed by atoms with Crippen LogP contribution in [-0.2, 0) is 19.0 Å². The van der Waals surface area contributed by atoms with Crippen LogP contribution in [0.3, 0.4) is 0 Å². The Bertz CT molecular complexity index is 384. The van der Waals surface area contributed by atoms with E-state index in [1.807, 2.05) is 4.90 Å². The summed E-state index contributed by atoms with van der Waals surface area (Å²) >= 11 is 0. The third-order valence-corrected chi connectivity index (χ3v) is 4.13. The SMILES string of the molecule is O=C(CCN1CCOC1=O)N1CCC2(CC1)OCCO2. The molecule has 0 atom stereocenters. The van der Waals surface area contributed by atoms with Crippen molar-refractivity contribution < 1.29 is 23.8 Å². The van der Waals surface area contributed by atoms with E-state index in [9.17, 15) is 9.59 Å². The maximum absolute atomic E-state index is 12.1. The van der Waals surface area contributed by atoms with Gasteiger partial charge in [-0.05, 0) is 0 Å². The van der Waals surface area contributed by atoms with Gasteiger partial charge in [-0.3, -0.25) is 4.79 Å². The molecule has 3 rings (SSSR count). The molecule has 1 spiro atoms. The summed E-state index contributed by atoms with van der Waals surface area (Å²) in [6.07, 6.45) is 1.49. The average Bonchev–Trinajstić information content (AvgIpc) is 3.07. The summed E-state index contributed by atoms with van der Waals surface area (Å²) in [5, 5.41) is 0. The summed E-state index contributed by atoms with van der Waals surface area (Å²) < 4.78 is 16.1. The first kappa shape index (κ1) is 13.6. The summed E-state index contributed by atoms with van der Waals surface area (Å²) in [4.78, 5) is 26.8. The van der Waals surface area contributed by atoms with Gasteiger partial charge < -0.3 is 24.0 Å². The molecule has 20 heavy (non-hydrogen) atoms. The summed E-state index contributed by atoms with van der Waals surface area (Å²) in [6, 6.07) is 0. The fourth-order valence-corrected chi connectivity index (χ4v) is 2.90. The lowest BCUT2D eigenvalue weighted by Crippen LogP contribution is -2.47. The molecule has 0 saturated carbocycles. The van der Waals surface area contributed by atoms with Gasteiger partial charge in [0, 0.05) is 38.9 Å². The molecule has 7 nitrogen and oxygen atoms in total. The molecule has 7 heteroatoms. The van der Waals surface area contributed by atoms with E-state index in [-0.39, 0.29) is 12.0 Å². The van der Waals surface area contributed by atoms with E-state index in [0.717, 1.165) is 12.8 Å². The van der Waals surface area contributed by atoms with Crippen LogP contribution in [-0.4, -0.2) is 73.6 Å². The molecule has 3 saturated heterocycles. The van der Waals surface area contributed by atoms with Gasteiger partial charge >= 0.3 is 6.09 Å². The zero-order chi connectivity index (χ0) is 14.0. The maximum atomic E-state index is 12.1. The van der Waals surface area contributed by atoms with Gasteiger partial charge in [0.25, 0.3) is 0 Å². The second-order valence-corrected chi connectivity index (χ2v) is 5.34. The Labute approximate surface area is 117 Å². The van der Waals surface area contributed by atoms with Gasteiger partial charge in [0.15, 0.2) is 5.79 Å². The van der Waals surface area contributed by atoms with Crippen molar-refractivity contribution in [1.29, 1.82) is 0 Å². The number of hydrogen-bond acceptors (Lipinski definition) is 5. The number of piperidine rings is 1. The first-order valence-electron chi connectivity index (χ1n) is 7.16. The van der Waals surface area contributed by atoms with Crippen LogP contribution in [0.25, 0.3) is 0 Å². The predicted octanol–water partition coefficient (Wildman–Crippen LogP) is 0.194. The molecule has 3 aliphatic rings. The topological polar surface area (TPSA) is 68.3 Å². The lowest BCUT2D eigenvalue weighted by atomic mass is 10.0. The van der Waals surface area contributed by atoms with Gasteiger partial charge in [0.1, 0.15) is 6.61 Å². The fourth-order valence-electron chi connectivity index (χ4n) is 2.90. The number of rotatable bonds is 3. The zero-order valence-electron chi connectivity index (χ0n) is 11.5. The number of amides is 2. The summed E-state index contributed by atoms with van der Waals surface area (Å²) in [5.41, 5.74) is 0. The van der Waals surface area contributed by atoms with E-state index in [1.54, 1.807) is 4.90 Å². The lowest BCUT2D eigenvalue weighted by Gasteiger charge is -2.37. The largest absolute Gasteiger partial charge is 0.448 e. The number of likely N-dealkylation sites (tertiary alicyclic amines) is 1. The average molecular weight is 284 g/mol. The molecule has 0 aromatic carbocycles. The van der Waals surface area contributed by atoms with Gasteiger partial charge in [-0.15, -0.1) is 0 Å². The van der Waals surface area contributed by atoms with E-state index < -0.39 is 5.79 Å². The van der Waals surface area contributed by atoms with Gasteiger partial charge in [0.2, 0.25) is 5.91 Å². The van der Waals surface area contributed by atoms with Crippen LogP contribution in [0.1, 0.15) is 19.3 Å². The van der Waals surface area contributed by atoms with Crippen LogP contribution in [0.4, 0.5) is 4.79 Å². The third-order valence-electron chi connectivity index (χ3n) is 4.13. The number of hydrogen-bond donors (Lipinski definition) is 0. The highest BCUT2D eigenvalue weighted by Crippen LogP contribution is 2.31. The third kappa shape index (κ3) is 2.73. The Morgan fingerprint density at radius 1 is 1.10 bits per heavy atom. The molecule has 0 bridgehead atoms. The van der Waals surface area contributed by atoms with Crippen molar-refractivity contribution >= 4 is 12.0 Å². The van der Waals surface area contributed by atoms with Crippen LogP contribution < -0.4 is 0 Å². The number of carbonyl (C=O) groups excluding carboxylic acids is 2. The molecule has 3 heterocycles. The first-order valence-corrected chi connectivity index (χ1v) is 7.16. The van der Waals surface area contributed by atoms with Crippen molar-refractivity contribution in [3.8, 4) is 0 Å². The number of nitrogens with zero attached hydrogens (tertiary/aromatic N) is 2. The molecule has 0 aromatic rings. The van der Waals surface area contributed by atoms with Crippen molar-refractivity contribution in [3.63, 3.8) is 0 Å². The number of cyclic esters (lactones) is 1. The van der Waals surface area contributed by atoms with Crippen molar-refractivity contribution in [3.05, 3.63) is 0 Å². The summed E-state index contributed by atoms with van der Waals surface area (Å²) in [7, 11) is 0. The molecule has 0 aliphatic carbocycles. The first-order chi connectivity index (χ1) is 9.69. The minimum absolute atomic E-state index is 0.0811. The van der Waals surface area contributed by atoms with Gasteiger partial charge in [0.05, 0.1) is 19.8 Å². The maximum Gasteiger partial charge on any atom is 0.409 e. The van der Waals surface area contributed by atoms with E-state index >= 15 is 0 Å². The van der Waals surface area contributed by atoms with Crippen LogP contribution in [0, 0.1) is 0 Å². The standard InChI is InChI=1S/C13H20N2O5/c16-11(1-4-15-7-8-18-12(15)17)14-5-2-13(3-6-14)19-9-10-20-13/h1-10H2. The van der Waals surface area contributed by atoms with Gasteiger partial charge in [-0.25, -0.2) is 4.79 Å². The predicted molar refractivity (Wildman–Crippen MR) is 68.0 cm³/mol. The number of ether oxygens (including phenoxy) is 3.